The number of rotatable bonds is 6. The second-order valence-corrected chi connectivity index (χ2v) is 8.58. The van der Waals surface area contributed by atoms with E-state index >= 15 is 0 Å². The minimum absolute atomic E-state index is 0.175. The maximum Gasteiger partial charge on any atom is 0.130 e. The molecule has 29 heavy (non-hydrogen) atoms. The minimum atomic E-state index is -0.395. The molecular formula is C24H32FN3O. The summed E-state index contributed by atoms with van der Waals surface area (Å²) in [5.41, 5.74) is 11.7. The predicted octanol–water partition coefficient (Wildman–Crippen LogP) is 4.96. The zero-order chi connectivity index (χ0) is 21.3. The Labute approximate surface area is 173 Å². The number of anilines is 1. The Bertz CT molecular complexity index is 923. The maximum absolute atomic E-state index is 14.4. The first-order chi connectivity index (χ1) is 13.6. The number of benzene rings is 1. The van der Waals surface area contributed by atoms with Crippen LogP contribution in [0, 0.1) is 18.7 Å². The number of aryl methyl sites for hydroxylation is 2. The van der Waals surface area contributed by atoms with Crippen LogP contribution in [0.2, 0.25) is 0 Å². The highest BCUT2D eigenvalue weighted by molar-refractivity contribution is 5.49. The highest BCUT2D eigenvalue weighted by atomic mass is 19.1. The van der Waals surface area contributed by atoms with Crippen molar-refractivity contribution < 1.29 is 9.13 Å². The molecule has 156 valence electrons. The zero-order valence-corrected chi connectivity index (χ0v) is 18.1. The van der Waals surface area contributed by atoms with Gasteiger partial charge in [-0.05, 0) is 76.3 Å². The van der Waals surface area contributed by atoms with Gasteiger partial charge in [0.2, 0.25) is 0 Å². The largest absolute Gasteiger partial charge is 0.398 e. The van der Waals surface area contributed by atoms with E-state index in [1.165, 1.54) is 11.6 Å². The number of hydrogen-bond donors (Lipinski definition) is 2. The third kappa shape index (κ3) is 4.45. The molecule has 1 heterocycles. The topological polar surface area (TPSA) is 60.2 Å². The van der Waals surface area contributed by atoms with Crippen molar-refractivity contribution in [3.63, 3.8) is 0 Å². The summed E-state index contributed by atoms with van der Waals surface area (Å²) < 4.78 is 19.9. The molecule has 2 atom stereocenters. The Kier molecular flexibility index (Phi) is 5.99. The van der Waals surface area contributed by atoms with Crippen molar-refractivity contribution in [2.24, 2.45) is 5.92 Å². The third-order valence-corrected chi connectivity index (χ3v) is 6.14. The average Bonchev–Trinajstić information content (AvgIpc) is 2.69. The smallest absolute Gasteiger partial charge is 0.130 e. The Morgan fingerprint density at radius 2 is 2.10 bits per heavy atom. The molecule has 2 unspecified atom stereocenters. The summed E-state index contributed by atoms with van der Waals surface area (Å²) in [5.74, 6) is 0.0124. The van der Waals surface area contributed by atoms with Crippen LogP contribution in [-0.2, 0) is 23.2 Å². The Morgan fingerprint density at radius 3 is 2.79 bits per heavy atom. The standard InChI is InChI=1S/C24H32FN3O/c1-14-11-19(20(25)13-21(14)26)16(3)27-15(2)17-7-9-22-18(12-17)8-10-23(28-22)24(4,5)29-6/h8,10-11,13,16-17,27H,2,7,9,12,26H2,1,3-6H3. The van der Waals surface area contributed by atoms with E-state index in [2.05, 4.69) is 24.0 Å². The number of pyridine rings is 1. The second kappa shape index (κ2) is 8.15. The van der Waals surface area contributed by atoms with Crippen molar-refractivity contribution in [1.29, 1.82) is 0 Å². The van der Waals surface area contributed by atoms with Crippen LogP contribution < -0.4 is 11.1 Å². The van der Waals surface area contributed by atoms with Crippen LogP contribution in [0.1, 0.15) is 61.3 Å². The SMILES string of the molecule is C=C(NC(C)c1cc(C)c(N)cc1F)C1CCc2nc(C(C)(C)OC)ccc2C1. The van der Waals surface area contributed by atoms with E-state index in [1.54, 1.807) is 7.11 Å². The number of hydrogen-bond acceptors (Lipinski definition) is 4. The lowest BCUT2D eigenvalue weighted by Crippen LogP contribution is -2.28. The Hall–Kier alpha value is -2.40. The summed E-state index contributed by atoms with van der Waals surface area (Å²) >= 11 is 0. The number of nitrogens with zero attached hydrogens (tertiary/aromatic N) is 1. The van der Waals surface area contributed by atoms with Gasteiger partial charge in [0.05, 0.1) is 11.7 Å². The fraction of sp³-hybridized carbons (Fsp3) is 0.458. The van der Waals surface area contributed by atoms with E-state index < -0.39 is 5.60 Å². The number of ether oxygens (including phenoxy) is 1. The van der Waals surface area contributed by atoms with E-state index in [1.807, 2.05) is 33.8 Å². The number of methoxy groups -OCH3 is 1. The number of nitrogens with two attached hydrogens (primary N) is 1. The molecule has 0 fully saturated rings. The molecule has 0 amide bonds. The molecule has 1 aliphatic rings. The molecule has 1 aromatic heterocycles. The molecule has 0 saturated carbocycles. The molecule has 2 aromatic rings. The van der Waals surface area contributed by atoms with Gasteiger partial charge < -0.3 is 15.8 Å². The summed E-state index contributed by atoms with van der Waals surface area (Å²) in [6.07, 6.45) is 2.76. The van der Waals surface area contributed by atoms with Crippen LogP contribution in [0.4, 0.5) is 10.1 Å². The fourth-order valence-corrected chi connectivity index (χ4v) is 3.87. The highest BCUT2D eigenvalue weighted by Gasteiger charge is 2.27. The molecule has 3 N–H and O–H groups in total. The fourth-order valence-electron chi connectivity index (χ4n) is 3.87. The second-order valence-electron chi connectivity index (χ2n) is 8.58. The first-order valence-electron chi connectivity index (χ1n) is 10.2. The van der Waals surface area contributed by atoms with Crippen LogP contribution in [-0.4, -0.2) is 12.1 Å². The summed E-state index contributed by atoms with van der Waals surface area (Å²) in [6, 6.07) is 7.24. The number of halogens is 1. The molecule has 0 aliphatic heterocycles. The molecule has 4 nitrogen and oxygen atoms in total. The van der Waals surface area contributed by atoms with E-state index in [0.29, 0.717) is 17.2 Å². The molecule has 0 saturated heterocycles. The van der Waals surface area contributed by atoms with E-state index in [-0.39, 0.29) is 11.9 Å². The molecule has 3 rings (SSSR count). The van der Waals surface area contributed by atoms with Crippen molar-refractivity contribution in [3.05, 3.63) is 70.4 Å². The van der Waals surface area contributed by atoms with Crippen LogP contribution >= 0.6 is 0 Å². The summed E-state index contributed by atoms with van der Waals surface area (Å²) in [7, 11) is 1.71. The molecule has 1 aromatic carbocycles. The molecule has 0 spiro atoms. The first-order valence-corrected chi connectivity index (χ1v) is 10.2. The molecular weight excluding hydrogens is 365 g/mol. The number of fused-ring (bicyclic) bond motifs is 1. The number of nitrogens with one attached hydrogen (secondary N) is 1. The van der Waals surface area contributed by atoms with Crippen LogP contribution in [0.5, 0.6) is 0 Å². The third-order valence-electron chi connectivity index (χ3n) is 6.14. The predicted molar refractivity (Wildman–Crippen MR) is 116 cm³/mol. The quantitative estimate of drug-likeness (QED) is 0.676. The van der Waals surface area contributed by atoms with Gasteiger partial charge in [0, 0.05) is 35.7 Å². The minimum Gasteiger partial charge on any atom is -0.398 e. The Balaban J connectivity index is 1.70. The zero-order valence-electron chi connectivity index (χ0n) is 18.1. The lowest BCUT2D eigenvalue weighted by Gasteiger charge is -2.30. The Morgan fingerprint density at radius 1 is 1.38 bits per heavy atom. The van der Waals surface area contributed by atoms with Gasteiger partial charge >= 0.3 is 0 Å². The van der Waals surface area contributed by atoms with Gasteiger partial charge in [-0.1, -0.05) is 12.6 Å². The molecule has 5 heteroatoms. The normalized spacial score (nSPS) is 17.5. The van der Waals surface area contributed by atoms with Gasteiger partial charge in [-0.3, -0.25) is 4.98 Å². The average molecular weight is 398 g/mol. The molecule has 0 radical (unpaired) electrons. The van der Waals surface area contributed by atoms with E-state index in [9.17, 15) is 4.39 Å². The van der Waals surface area contributed by atoms with Crippen molar-refractivity contribution in [2.75, 3.05) is 12.8 Å². The summed E-state index contributed by atoms with van der Waals surface area (Å²) in [6.45, 7) is 12.2. The number of aromatic nitrogens is 1. The summed E-state index contributed by atoms with van der Waals surface area (Å²) in [5, 5.41) is 3.41. The highest BCUT2D eigenvalue weighted by Crippen LogP contribution is 2.32. The number of allylic oxidation sites excluding steroid dienone is 1. The van der Waals surface area contributed by atoms with Gasteiger partial charge in [0.25, 0.3) is 0 Å². The lowest BCUT2D eigenvalue weighted by molar-refractivity contribution is 0.0153. The summed E-state index contributed by atoms with van der Waals surface area (Å²) in [4.78, 5) is 4.85. The van der Waals surface area contributed by atoms with Crippen molar-refractivity contribution >= 4 is 5.69 Å². The lowest BCUT2D eigenvalue weighted by atomic mass is 9.84. The molecule has 0 bridgehead atoms. The first kappa shape index (κ1) is 21.3. The van der Waals surface area contributed by atoms with Crippen LogP contribution in [0.25, 0.3) is 0 Å². The van der Waals surface area contributed by atoms with Gasteiger partial charge in [0.15, 0.2) is 0 Å². The van der Waals surface area contributed by atoms with Crippen molar-refractivity contribution in [1.82, 2.24) is 10.3 Å². The van der Waals surface area contributed by atoms with E-state index in [0.717, 1.165) is 41.9 Å². The monoisotopic (exact) mass is 397 g/mol. The van der Waals surface area contributed by atoms with Gasteiger partial charge in [0.1, 0.15) is 11.4 Å². The van der Waals surface area contributed by atoms with Crippen molar-refractivity contribution in [2.45, 2.75) is 58.6 Å². The maximum atomic E-state index is 14.4. The molecule has 1 aliphatic carbocycles. The number of nitrogen functional groups attached to an aromatic ring is 1. The van der Waals surface area contributed by atoms with Gasteiger partial charge in [-0.25, -0.2) is 4.39 Å². The van der Waals surface area contributed by atoms with Crippen LogP contribution in [0.3, 0.4) is 0 Å². The van der Waals surface area contributed by atoms with Gasteiger partial charge in [-0.2, -0.15) is 0 Å². The van der Waals surface area contributed by atoms with E-state index in [4.69, 9.17) is 15.5 Å². The van der Waals surface area contributed by atoms with Crippen molar-refractivity contribution in [3.8, 4) is 0 Å². The van der Waals surface area contributed by atoms with Crippen LogP contribution in [0.15, 0.2) is 36.5 Å². The van der Waals surface area contributed by atoms with Gasteiger partial charge in [-0.15, -0.1) is 0 Å².